The minimum atomic E-state index is -0.383. The summed E-state index contributed by atoms with van der Waals surface area (Å²) in [5, 5.41) is 18.8. The highest BCUT2D eigenvalue weighted by Crippen LogP contribution is 2.30. The van der Waals surface area contributed by atoms with E-state index in [1.165, 1.54) is 18.0 Å². The van der Waals surface area contributed by atoms with E-state index in [0.29, 0.717) is 50.6 Å². The van der Waals surface area contributed by atoms with Crippen LogP contribution in [0.25, 0.3) is 0 Å². The molecule has 246 valence electrons. The van der Waals surface area contributed by atoms with E-state index in [4.69, 9.17) is 39.5 Å². The van der Waals surface area contributed by atoms with Crippen LogP contribution in [-0.2, 0) is 4.74 Å². The first-order chi connectivity index (χ1) is 22.7. The monoisotopic (exact) mass is 760 g/mol. The Labute approximate surface area is 295 Å². The second-order valence-electron chi connectivity index (χ2n) is 10.6. The van der Waals surface area contributed by atoms with Crippen LogP contribution < -0.4 is 31.9 Å². The van der Waals surface area contributed by atoms with Crippen molar-refractivity contribution in [3.05, 3.63) is 104 Å². The van der Waals surface area contributed by atoms with Gasteiger partial charge in [0.05, 0.1) is 52.9 Å². The van der Waals surface area contributed by atoms with Crippen molar-refractivity contribution >= 4 is 85.5 Å². The highest BCUT2D eigenvalue weighted by molar-refractivity contribution is 9.10. The molecule has 2 aromatic carbocycles. The van der Waals surface area contributed by atoms with Crippen molar-refractivity contribution in [2.75, 3.05) is 54.1 Å². The maximum absolute atomic E-state index is 12.1. The summed E-state index contributed by atoms with van der Waals surface area (Å²) in [6.45, 7) is 4.34. The average molecular weight is 763 g/mol. The molecule has 4 amide bonds. The van der Waals surface area contributed by atoms with Crippen LogP contribution in [0.5, 0.6) is 0 Å². The number of benzene rings is 2. The summed E-state index contributed by atoms with van der Waals surface area (Å²) in [5.41, 5.74) is 4.60. The Bertz CT molecular complexity index is 1670. The van der Waals surface area contributed by atoms with Crippen molar-refractivity contribution in [1.82, 2.24) is 20.6 Å². The number of morpholine rings is 1. The number of nitrogens with one attached hydrogen (secondary N) is 6. The molecule has 2 fully saturated rings. The smallest absolute Gasteiger partial charge is 0.323 e. The molecule has 2 aliphatic rings. The lowest BCUT2D eigenvalue weighted by Crippen LogP contribution is -2.33. The first-order valence-corrected chi connectivity index (χ1v) is 16.7. The standard InChI is InChI=1S/C16H16BrClN4O2.C16H16Cl2N4O/c17-12-7-10(14-9-19-5-6-24-14)1-3-13(12)22-16(23)21-11-2-4-15(18)20-8-11;17-13-7-10(11-5-6-19-8-11)1-3-14(13)22-16(23)21-12-2-4-15(18)20-9-12/h1-4,7-8,14,19H,5-6,9H2,(H2,21,22,23);1-4,7,9,11,19H,5-6,8H2,(H2,21,22,23). The van der Waals surface area contributed by atoms with Gasteiger partial charge in [-0.3, -0.25) is 0 Å². The third-order valence-corrected chi connectivity index (χ3v) is 8.70. The number of carbonyl (C=O) groups excluding carboxylic acids is 2. The van der Waals surface area contributed by atoms with Crippen LogP contribution in [0.4, 0.5) is 32.3 Å². The fraction of sp³-hybridized carbons (Fsp3) is 0.250. The van der Waals surface area contributed by atoms with Crippen LogP contribution in [0.1, 0.15) is 29.6 Å². The van der Waals surface area contributed by atoms with Crippen molar-refractivity contribution in [3.8, 4) is 0 Å². The third-order valence-electron chi connectivity index (χ3n) is 7.28. The quantitative estimate of drug-likeness (QED) is 0.110. The molecule has 0 saturated carbocycles. The first kappa shape index (κ1) is 34.8. The van der Waals surface area contributed by atoms with E-state index in [1.54, 1.807) is 24.3 Å². The maximum atomic E-state index is 12.1. The number of halogens is 4. The Hall–Kier alpha value is -3.49. The molecule has 11 nitrogen and oxygen atoms in total. The van der Waals surface area contributed by atoms with Gasteiger partial charge >= 0.3 is 12.1 Å². The van der Waals surface area contributed by atoms with Crippen LogP contribution in [0.3, 0.4) is 0 Å². The van der Waals surface area contributed by atoms with Crippen LogP contribution in [0, 0.1) is 0 Å². The van der Waals surface area contributed by atoms with Gasteiger partial charge in [-0.15, -0.1) is 0 Å². The average Bonchev–Trinajstić information content (AvgIpc) is 3.61. The molecular formula is C32H32BrCl3N8O3. The molecule has 4 aromatic rings. The molecule has 2 aliphatic heterocycles. The summed E-state index contributed by atoms with van der Waals surface area (Å²) in [7, 11) is 0. The molecule has 6 N–H and O–H groups in total. The molecule has 2 aromatic heterocycles. The minimum absolute atomic E-state index is 0.0260. The molecule has 0 spiro atoms. The lowest BCUT2D eigenvalue weighted by Gasteiger charge is -2.24. The lowest BCUT2D eigenvalue weighted by atomic mass is 9.98. The minimum Gasteiger partial charge on any atom is -0.371 e. The summed E-state index contributed by atoms with van der Waals surface area (Å²) >= 11 is 21.2. The van der Waals surface area contributed by atoms with E-state index in [0.717, 1.165) is 42.6 Å². The Morgan fingerprint density at radius 2 is 1.36 bits per heavy atom. The van der Waals surface area contributed by atoms with Gasteiger partial charge in [-0.2, -0.15) is 0 Å². The fourth-order valence-corrected chi connectivity index (χ4v) is 5.86. The van der Waals surface area contributed by atoms with E-state index >= 15 is 0 Å². The van der Waals surface area contributed by atoms with Crippen LogP contribution >= 0.6 is 50.7 Å². The van der Waals surface area contributed by atoms with Crippen LogP contribution in [-0.4, -0.2) is 54.8 Å². The first-order valence-electron chi connectivity index (χ1n) is 14.7. The number of hydrogen-bond donors (Lipinski definition) is 6. The number of amides is 4. The number of anilines is 4. The molecule has 6 rings (SSSR count). The SMILES string of the molecule is O=C(Nc1ccc(Cl)nc1)Nc1ccc(C2CCNC2)cc1Cl.O=C(Nc1ccc(Cl)nc1)Nc1ccc(C2CNCCO2)cc1Br. The number of aromatic nitrogens is 2. The predicted octanol–water partition coefficient (Wildman–Crippen LogP) is 7.91. The Balaban J connectivity index is 0.000000185. The zero-order chi connectivity index (χ0) is 33.2. The number of carbonyl (C=O) groups is 2. The molecule has 0 radical (unpaired) electrons. The van der Waals surface area contributed by atoms with Crippen LogP contribution in [0.15, 0.2) is 77.5 Å². The number of nitrogens with zero attached hydrogens (tertiary/aromatic N) is 2. The normalized spacial score (nSPS) is 17.2. The van der Waals surface area contributed by atoms with E-state index in [1.807, 2.05) is 36.4 Å². The Kier molecular flexibility index (Phi) is 12.6. The molecule has 0 aliphatic carbocycles. The molecular weight excluding hydrogens is 731 g/mol. The highest BCUT2D eigenvalue weighted by atomic mass is 79.9. The molecule has 2 unspecified atom stereocenters. The molecule has 0 bridgehead atoms. The molecule has 4 heterocycles. The van der Waals surface area contributed by atoms with Gasteiger partial charge in [0.2, 0.25) is 0 Å². The maximum Gasteiger partial charge on any atom is 0.323 e. The number of hydrogen-bond acceptors (Lipinski definition) is 7. The zero-order valence-electron chi connectivity index (χ0n) is 25.0. The van der Waals surface area contributed by atoms with Crippen molar-refractivity contribution in [2.45, 2.75) is 18.4 Å². The molecule has 15 heteroatoms. The highest BCUT2D eigenvalue weighted by Gasteiger charge is 2.19. The van der Waals surface area contributed by atoms with Crippen molar-refractivity contribution in [1.29, 1.82) is 0 Å². The fourth-order valence-electron chi connectivity index (χ4n) is 4.91. The van der Waals surface area contributed by atoms with Gasteiger partial charge < -0.3 is 36.6 Å². The molecule has 2 atom stereocenters. The van der Waals surface area contributed by atoms with E-state index < -0.39 is 0 Å². The number of pyridine rings is 2. The summed E-state index contributed by atoms with van der Waals surface area (Å²) in [5.74, 6) is 0.482. The Morgan fingerprint density at radius 3 is 1.89 bits per heavy atom. The number of ether oxygens (including phenoxy) is 1. The van der Waals surface area contributed by atoms with E-state index in [2.05, 4.69) is 57.8 Å². The molecule has 47 heavy (non-hydrogen) atoms. The predicted molar refractivity (Wildman–Crippen MR) is 191 cm³/mol. The van der Waals surface area contributed by atoms with Gasteiger partial charge in [0.15, 0.2) is 0 Å². The topological polar surface area (TPSA) is 141 Å². The number of urea groups is 2. The summed E-state index contributed by atoms with van der Waals surface area (Å²) in [6.07, 6.45) is 4.11. The summed E-state index contributed by atoms with van der Waals surface area (Å²) in [4.78, 5) is 31.9. The van der Waals surface area contributed by atoms with Crippen molar-refractivity contribution < 1.29 is 14.3 Å². The second kappa shape index (κ2) is 17.1. The van der Waals surface area contributed by atoms with Crippen LogP contribution in [0.2, 0.25) is 15.3 Å². The van der Waals surface area contributed by atoms with E-state index in [9.17, 15) is 9.59 Å². The van der Waals surface area contributed by atoms with Gasteiger partial charge in [0.1, 0.15) is 10.3 Å². The largest absolute Gasteiger partial charge is 0.371 e. The van der Waals surface area contributed by atoms with Crippen molar-refractivity contribution in [2.24, 2.45) is 0 Å². The van der Waals surface area contributed by atoms with Gasteiger partial charge in [-0.05, 0) is 94.5 Å². The Morgan fingerprint density at radius 1 is 0.745 bits per heavy atom. The summed E-state index contributed by atoms with van der Waals surface area (Å²) < 4.78 is 6.52. The van der Waals surface area contributed by atoms with Gasteiger partial charge in [-0.1, -0.05) is 46.9 Å². The summed E-state index contributed by atoms with van der Waals surface area (Å²) in [6, 6.07) is 17.3. The number of rotatable bonds is 6. The zero-order valence-corrected chi connectivity index (χ0v) is 28.8. The van der Waals surface area contributed by atoms with Gasteiger partial charge in [0.25, 0.3) is 0 Å². The molecule has 2 saturated heterocycles. The second-order valence-corrected chi connectivity index (χ2v) is 12.7. The third kappa shape index (κ3) is 10.5. The van der Waals surface area contributed by atoms with Crippen molar-refractivity contribution in [3.63, 3.8) is 0 Å². The lowest BCUT2D eigenvalue weighted by molar-refractivity contribution is 0.0277. The van der Waals surface area contributed by atoms with E-state index in [-0.39, 0.29) is 18.2 Å². The van der Waals surface area contributed by atoms with Gasteiger partial charge in [0, 0.05) is 24.1 Å². The van der Waals surface area contributed by atoms with Gasteiger partial charge in [-0.25, -0.2) is 19.6 Å².